The van der Waals surface area contributed by atoms with Crippen molar-refractivity contribution in [3.63, 3.8) is 0 Å². The van der Waals surface area contributed by atoms with Gasteiger partial charge in [0.15, 0.2) is 5.78 Å². The Balaban J connectivity index is 2.57. The summed E-state index contributed by atoms with van der Waals surface area (Å²) in [7, 11) is -2.84. The maximum atomic E-state index is 12.5. The standard InChI is InChI=1S/C21H31O5P/c1-20(2,3)17-13-14(11-12-18(22)21(4,5)27(23,24)25)15-9-7-8-10-16(15)19(17)26-6/h11-13H,7-10H2,1-6H3,(H2,23,24,25)/b12-11+. The maximum absolute atomic E-state index is 12.5. The molecule has 1 aromatic carbocycles. The van der Waals surface area contributed by atoms with Crippen LogP contribution in [-0.2, 0) is 27.6 Å². The fourth-order valence-electron chi connectivity index (χ4n) is 3.40. The Morgan fingerprint density at radius 2 is 1.67 bits per heavy atom. The molecule has 5 nitrogen and oxygen atoms in total. The summed E-state index contributed by atoms with van der Waals surface area (Å²) in [6.07, 6.45) is 7.04. The van der Waals surface area contributed by atoms with Gasteiger partial charge in [-0.25, -0.2) is 0 Å². The number of hydrogen-bond donors (Lipinski definition) is 2. The molecule has 0 saturated carbocycles. The number of ketones is 1. The van der Waals surface area contributed by atoms with Gasteiger partial charge in [-0.3, -0.25) is 9.36 Å². The molecule has 0 atom stereocenters. The van der Waals surface area contributed by atoms with E-state index in [0.29, 0.717) is 0 Å². The van der Waals surface area contributed by atoms with Crippen molar-refractivity contribution in [2.75, 3.05) is 7.11 Å². The molecule has 0 unspecified atom stereocenters. The van der Waals surface area contributed by atoms with Gasteiger partial charge >= 0.3 is 7.60 Å². The van der Waals surface area contributed by atoms with E-state index in [1.807, 2.05) is 0 Å². The van der Waals surface area contributed by atoms with Gasteiger partial charge in [-0.1, -0.05) is 26.8 Å². The summed E-state index contributed by atoms with van der Waals surface area (Å²) in [5, 5.41) is -1.73. The van der Waals surface area contributed by atoms with Crippen LogP contribution in [0.3, 0.4) is 0 Å². The molecular formula is C21H31O5P. The first-order chi connectivity index (χ1) is 12.3. The van der Waals surface area contributed by atoms with Gasteiger partial charge < -0.3 is 14.5 Å². The Bertz CT molecular complexity index is 809. The maximum Gasteiger partial charge on any atom is 0.338 e. The normalized spacial score (nSPS) is 15.7. The Morgan fingerprint density at radius 3 is 2.15 bits per heavy atom. The van der Waals surface area contributed by atoms with E-state index in [-0.39, 0.29) is 5.41 Å². The number of ether oxygens (including phenoxy) is 1. The molecule has 150 valence electrons. The molecule has 0 bridgehead atoms. The van der Waals surface area contributed by atoms with Gasteiger partial charge in [0.25, 0.3) is 0 Å². The van der Waals surface area contributed by atoms with Gasteiger partial charge in [-0.2, -0.15) is 0 Å². The van der Waals surface area contributed by atoms with E-state index in [9.17, 15) is 19.1 Å². The highest BCUT2D eigenvalue weighted by atomic mass is 31.2. The van der Waals surface area contributed by atoms with Crippen LogP contribution in [0.25, 0.3) is 6.08 Å². The molecule has 0 amide bonds. The van der Waals surface area contributed by atoms with Crippen molar-refractivity contribution in [3.05, 3.63) is 34.4 Å². The van der Waals surface area contributed by atoms with Crippen molar-refractivity contribution >= 4 is 19.5 Å². The Hall–Kier alpha value is -1.42. The Labute approximate surface area is 162 Å². The lowest BCUT2D eigenvalue weighted by Crippen LogP contribution is -2.29. The third kappa shape index (κ3) is 4.37. The number of methoxy groups -OCH3 is 1. The van der Waals surface area contributed by atoms with E-state index in [4.69, 9.17) is 4.74 Å². The van der Waals surface area contributed by atoms with E-state index < -0.39 is 18.5 Å². The summed E-state index contributed by atoms with van der Waals surface area (Å²) < 4.78 is 17.4. The van der Waals surface area contributed by atoms with Gasteiger partial charge in [-0.05, 0) is 73.8 Å². The zero-order chi connectivity index (χ0) is 20.6. The highest BCUT2D eigenvalue weighted by molar-refractivity contribution is 7.54. The quantitative estimate of drug-likeness (QED) is 0.571. The number of allylic oxidation sites excluding steroid dienone is 1. The number of benzene rings is 1. The van der Waals surface area contributed by atoms with E-state index in [1.165, 1.54) is 31.1 Å². The summed E-state index contributed by atoms with van der Waals surface area (Å²) >= 11 is 0. The summed E-state index contributed by atoms with van der Waals surface area (Å²) in [4.78, 5) is 31.4. The molecule has 1 aromatic rings. The number of rotatable bonds is 5. The first-order valence-electron chi connectivity index (χ1n) is 9.32. The zero-order valence-corrected chi connectivity index (χ0v) is 18.0. The van der Waals surface area contributed by atoms with Gasteiger partial charge in [0.2, 0.25) is 0 Å². The fraction of sp³-hybridized carbons (Fsp3) is 0.571. The average molecular weight is 394 g/mol. The topological polar surface area (TPSA) is 83.8 Å². The van der Waals surface area contributed by atoms with Crippen molar-refractivity contribution in [2.45, 2.75) is 70.9 Å². The molecule has 0 aromatic heterocycles. The van der Waals surface area contributed by atoms with E-state index in [1.54, 1.807) is 13.2 Å². The van der Waals surface area contributed by atoms with Crippen LogP contribution in [-0.4, -0.2) is 27.8 Å². The van der Waals surface area contributed by atoms with Crippen molar-refractivity contribution in [1.29, 1.82) is 0 Å². The lowest BCUT2D eigenvalue weighted by atomic mass is 9.78. The molecule has 0 radical (unpaired) electrons. The van der Waals surface area contributed by atoms with Crippen molar-refractivity contribution in [3.8, 4) is 5.75 Å². The predicted octanol–water partition coefficient (Wildman–Crippen LogP) is 4.41. The SMILES string of the molecule is COc1c(C(C)(C)C)cc(/C=C/C(=O)C(C)(C)P(=O)(O)O)c2c1CCCC2. The van der Waals surface area contributed by atoms with Gasteiger partial charge in [0.05, 0.1) is 7.11 Å². The van der Waals surface area contributed by atoms with Crippen molar-refractivity contribution < 1.29 is 23.9 Å². The minimum atomic E-state index is -4.54. The first kappa shape index (κ1) is 21.9. The van der Waals surface area contributed by atoms with Crippen molar-refractivity contribution in [1.82, 2.24) is 0 Å². The van der Waals surface area contributed by atoms with Crippen LogP contribution < -0.4 is 4.74 Å². The van der Waals surface area contributed by atoms with E-state index in [2.05, 4.69) is 26.8 Å². The molecule has 0 spiro atoms. The predicted molar refractivity (Wildman–Crippen MR) is 109 cm³/mol. The number of fused-ring (bicyclic) bond motifs is 1. The minimum Gasteiger partial charge on any atom is -0.496 e. The molecule has 1 aliphatic carbocycles. The Kier molecular flexibility index (Phi) is 6.11. The lowest BCUT2D eigenvalue weighted by Gasteiger charge is -2.29. The Morgan fingerprint density at radius 1 is 1.11 bits per heavy atom. The molecule has 27 heavy (non-hydrogen) atoms. The van der Waals surface area contributed by atoms with E-state index >= 15 is 0 Å². The second-order valence-corrected chi connectivity index (χ2v) is 11.0. The third-order valence-electron chi connectivity index (χ3n) is 5.39. The van der Waals surface area contributed by atoms with Crippen LogP contribution >= 0.6 is 7.60 Å². The molecule has 2 N–H and O–H groups in total. The monoisotopic (exact) mass is 394 g/mol. The average Bonchev–Trinajstić information content (AvgIpc) is 2.56. The van der Waals surface area contributed by atoms with Crippen molar-refractivity contribution in [2.24, 2.45) is 0 Å². The summed E-state index contributed by atoms with van der Waals surface area (Å²) in [5.41, 5.74) is 4.24. The fourth-order valence-corrected chi connectivity index (χ4v) is 3.76. The molecule has 6 heteroatoms. The second-order valence-electron chi connectivity index (χ2n) is 8.76. The summed E-state index contributed by atoms with van der Waals surface area (Å²) in [6, 6.07) is 2.05. The van der Waals surface area contributed by atoms with Gasteiger partial charge in [0.1, 0.15) is 10.9 Å². The summed E-state index contributed by atoms with van der Waals surface area (Å²) in [5.74, 6) is 0.352. The molecule has 1 aliphatic rings. The molecule has 0 aliphatic heterocycles. The van der Waals surface area contributed by atoms with Crippen LogP contribution in [0.4, 0.5) is 0 Å². The molecule has 0 heterocycles. The lowest BCUT2D eigenvalue weighted by molar-refractivity contribution is -0.116. The highest BCUT2D eigenvalue weighted by Crippen LogP contribution is 2.50. The van der Waals surface area contributed by atoms with Crippen LogP contribution in [0.1, 0.15) is 69.7 Å². The van der Waals surface area contributed by atoms with Crippen LogP contribution in [0.2, 0.25) is 0 Å². The number of hydrogen-bond acceptors (Lipinski definition) is 3. The third-order valence-corrected chi connectivity index (χ3v) is 7.07. The highest BCUT2D eigenvalue weighted by Gasteiger charge is 2.43. The minimum absolute atomic E-state index is 0.129. The molecule has 0 fully saturated rings. The number of carbonyl (C=O) groups is 1. The van der Waals surface area contributed by atoms with E-state index in [0.717, 1.165) is 42.6 Å². The molecule has 2 rings (SSSR count). The summed E-state index contributed by atoms with van der Waals surface area (Å²) in [6.45, 7) is 8.93. The first-order valence-corrected chi connectivity index (χ1v) is 10.9. The number of carbonyl (C=O) groups excluding carboxylic acids is 1. The van der Waals surface area contributed by atoms with Gasteiger partial charge in [-0.15, -0.1) is 0 Å². The van der Waals surface area contributed by atoms with Crippen LogP contribution in [0.15, 0.2) is 12.1 Å². The van der Waals surface area contributed by atoms with Crippen LogP contribution in [0.5, 0.6) is 5.75 Å². The van der Waals surface area contributed by atoms with Gasteiger partial charge in [0, 0.05) is 5.56 Å². The second kappa shape index (κ2) is 7.54. The molecule has 0 saturated heterocycles. The molecular weight excluding hydrogens is 363 g/mol. The zero-order valence-electron chi connectivity index (χ0n) is 17.1. The van der Waals surface area contributed by atoms with Crippen LogP contribution in [0, 0.1) is 0 Å². The largest absolute Gasteiger partial charge is 0.496 e. The smallest absolute Gasteiger partial charge is 0.338 e.